The van der Waals surface area contributed by atoms with E-state index in [9.17, 15) is 10.1 Å². The van der Waals surface area contributed by atoms with Crippen LogP contribution < -0.4 is 5.73 Å². The van der Waals surface area contributed by atoms with E-state index in [0.717, 1.165) is 6.20 Å². The zero-order chi connectivity index (χ0) is 10.6. The molecule has 0 saturated carbocycles. The fourth-order valence-electron chi connectivity index (χ4n) is 0.901. The molecule has 0 radical (unpaired) electrons. The van der Waals surface area contributed by atoms with Crippen molar-refractivity contribution in [1.82, 2.24) is 0 Å². The quantitative estimate of drug-likeness (QED) is 0.377. The topological polar surface area (TPSA) is 106 Å². The third-order valence-electron chi connectivity index (χ3n) is 1.41. The molecule has 1 rings (SSSR count). The fourth-order valence-corrected chi connectivity index (χ4v) is 0.901. The van der Waals surface area contributed by atoms with Crippen molar-refractivity contribution in [2.24, 2.45) is 5.73 Å². The summed E-state index contributed by atoms with van der Waals surface area (Å²) in [6.07, 6.45) is 2.24. The number of rotatable bonds is 4. The van der Waals surface area contributed by atoms with Gasteiger partial charge in [-0.1, -0.05) is 0 Å². The molecule has 0 atom stereocenters. The summed E-state index contributed by atoms with van der Waals surface area (Å²) in [4.78, 5) is 9.40. The summed E-state index contributed by atoms with van der Waals surface area (Å²) in [6, 6.07) is 3.21. The lowest BCUT2D eigenvalue weighted by atomic mass is 10.3. The Balaban J connectivity index is 0.00000196. The molecule has 7 heteroatoms. The van der Waals surface area contributed by atoms with Gasteiger partial charge in [0, 0.05) is 0 Å². The van der Waals surface area contributed by atoms with Gasteiger partial charge in [0.1, 0.15) is 11.5 Å². The summed E-state index contributed by atoms with van der Waals surface area (Å²) in [6.45, 7) is 0. The molecule has 6 nitrogen and oxygen atoms in total. The molecule has 0 unspecified atom stereocenters. The molecule has 0 aromatic carbocycles. The van der Waals surface area contributed by atoms with Crippen molar-refractivity contribution in [2.75, 3.05) is 0 Å². The summed E-state index contributed by atoms with van der Waals surface area (Å²) in [5.41, 5.74) is 5.15. The van der Waals surface area contributed by atoms with Crippen LogP contribution in [0.2, 0.25) is 0 Å². The van der Waals surface area contributed by atoms with E-state index in [1.54, 1.807) is 12.1 Å². The molecule has 1 heterocycles. The van der Waals surface area contributed by atoms with Gasteiger partial charge in [0.05, 0.1) is 23.3 Å². The molecule has 0 amide bonds. The molecule has 0 spiro atoms. The average Bonchev–Trinajstić information content (AvgIpc) is 2.47. The molecule has 0 fully saturated rings. The molecule has 0 aliphatic heterocycles. The van der Waals surface area contributed by atoms with Crippen LogP contribution in [0, 0.1) is 15.5 Å². The van der Waals surface area contributed by atoms with E-state index in [-0.39, 0.29) is 29.2 Å². The molecule has 1 aromatic rings. The van der Waals surface area contributed by atoms with Crippen LogP contribution in [-0.2, 0) is 6.42 Å². The Morgan fingerprint density at radius 1 is 1.67 bits per heavy atom. The van der Waals surface area contributed by atoms with Gasteiger partial charge in [-0.3, -0.25) is 15.5 Å². The van der Waals surface area contributed by atoms with E-state index in [1.807, 2.05) is 0 Å². The van der Waals surface area contributed by atoms with Crippen LogP contribution in [0.3, 0.4) is 0 Å². The molecule has 82 valence electrons. The Bertz CT molecular complexity index is 386. The Hall–Kier alpha value is -1.63. The van der Waals surface area contributed by atoms with Crippen molar-refractivity contribution in [2.45, 2.75) is 6.42 Å². The highest BCUT2D eigenvalue weighted by Gasteiger charge is 2.01. The molecule has 0 aliphatic carbocycles. The normalized spacial score (nSPS) is 9.87. The molecule has 0 saturated heterocycles. The summed E-state index contributed by atoms with van der Waals surface area (Å²) < 4.78 is 5.13. The molecule has 3 N–H and O–H groups in total. The Morgan fingerprint density at radius 2 is 2.33 bits per heavy atom. The number of hydrogen-bond acceptors (Lipinski definition) is 4. The lowest BCUT2D eigenvalue weighted by Gasteiger charge is -1.91. The lowest BCUT2D eigenvalue weighted by molar-refractivity contribution is -0.401. The highest BCUT2D eigenvalue weighted by Crippen LogP contribution is 2.09. The molecule has 1 aromatic heterocycles. The van der Waals surface area contributed by atoms with Gasteiger partial charge in [-0.15, -0.1) is 17.0 Å². The SMILES string of the molecule is Br.N=C(N)Cc1ccc(C=C[N+](=O)[O-])o1. The molecule has 0 bridgehead atoms. The van der Waals surface area contributed by atoms with Crippen LogP contribution in [-0.4, -0.2) is 10.8 Å². The van der Waals surface area contributed by atoms with E-state index in [2.05, 4.69) is 0 Å². The van der Waals surface area contributed by atoms with Gasteiger partial charge in [0.15, 0.2) is 0 Å². The number of nitrogens with zero attached hydrogens (tertiary/aromatic N) is 1. The number of nitrogens with two attached hydrogens (primary N) is 1. The first-order valence-corrected chi connectivity index (χ1v) is 3.81. The number of nitro groups is 1. The maximum atomic E-state index is 9.98. The second-order valence-corrected chi connectivity index (χ2v) is 2.61. The summed E-state index contributed by atoms with van der Waals surface area (Å²) in [7, 11) is 0. The van der Waals surface area contributed by atoms with Crippen molar-refractivity contribution >= 4 is 28.9 Å². The highest BCUT2D eigenvalue weighted by molar-refractivity contribution is 8.93. The second-order valence-electron chi connectivity index (χ2n) is 2.61. The van der Waals surface area contributed by atoms with Crippen molar-refractivity contribution < 1.29 is 9.34 Å². The molecule has 0 aliphatic rings. The van der Waals surface area contributed by atoms with Crippen molar-refractivity contribution in [3.8, 4) is 0 Å². The van der Waals surface area contributed by atoms with E-state index in [4.69, 9.17) is 15.6 Å². The Kier molecular flexibility index (Phi) is 5.32. The summed E-state index contributed by atoms with van der Waals surface area (Å²) in [5.74, 6) is 0.877. The monoisotopic (exact) mass is 275 g/mol. The highest BCUT2D eigenvalue weighted by atomic mass is 79.9. The average molecular weight is 276 g/mol. The van der Waals surface area contributed by atoms with E-state index >= 15 is 0 Å². The molecule has 15 heavy (non-hydrogen) atoms. The second kappa shape index (κ2) is 5.97. The smallest absolute Gasteiger partial charge is 0.238 e. The van der Waals surface area contributed by atoms with Gasteiger partial charge in [0.2, 0.25) is 6.20 Å². The first-order chi connectivity index (χ1) is 6.58. The van der Waals surface area contributed by atoms with Crippen molar-refractivity contribution in [1.29, 1.82) is 5.41 Å². The third-order valence-corrected chi connectivity index (χ3v) is 1.41. The largest absolute Gasteiger partial charge is 0.461 e. The first kappa shape index (κ1) is 13.4. The van der Waals surface area contributed by atoms with Gasteiger partial charge >= 0.3 is 0 Å². The van der Waals surface area contributed by atoms with Gasteiger partial charge in [-0.25, -0.2) is 0 Å². The predicted molar refractivity (Wildman–Crippen MR) is 60.7 cm³/mol. The lowest BCUT2D eigenvalue weighted by Crippen LogP contribution is -2.11. The molecular formula is C8H10BrN3O3. The number of halogens is 1. The third kappa shape index (κ3) is 4.96. The van der Waals surface area contributed by atoms with Crippen molar-refractivity contribution in [3.05, 3.63) is 40.0 Å². The zero-order valence-electron chi connectivity index (χ0n) is 7.67. The van der Waals surface area contributed by atoms with Gasteiger partial charge in [0.25, 0.3) is 0 Å². The van der Waals surface area contributed by atoms with Crippen LogP contribution >= 0.6 is 17.0 Å². The van der Waals surface area contributed by atoms with E-state index in [0.29, 0.717) is 11.5 Å². The number of furan rings is 1. The van der Waals surface area contributed by atoms with Crippen LogP contribution in [0.25, 0.3) is 6.08 Å². The minimum Gasteiger partial charge on any atom is -0.461 e. The summed E-state index contributed by atoms with van der Waals surface area (Å²) >= 11 is 0. The minimum atomic E-state index is -0.576. The van der Waals surface area contributed by atoms with Crippen molar-refractivity contribution in [3.63, 3.8) is 0 Å². The Morgan fingerprint density at radius 3 is 2.87 bits per heavy atom. The van der Waals surface area contributed by atoms with Crippen LogP contribution in [0.4, 0.5) is 0 Å². The zero-order valence-corrected chi connectivity index (χ0v) is 9.39. The molecular weight excluding hydrogens is 266 g/mol. The van der Waals surface area contributed by atoms with Gasteiger partial charge in [-0.05, 0) is 12.1 Å². The van der Waals surface area contributed by atoms with E-state index < -0.39 is 4.92 Å². The maximum absolute atomic E-state index is 9.98. The maximum Gasteiger partial charge on any atom is 0.238 e. The predicted octanol–water partition coefficient (Wildman–Crippen LogP) is 1.58. The number of nitrogens with one attached hydrogen (secondary N) is 1. The number of hydrogen-bond donors (Lipinski definition) is 2. The van der Waals surface area contributed by atoms with Crippen LogP contribution in [0.1, 0.15) is 11.5 Å². The van der Waals surface area contributed by atoms with E-state index in [1.165, 1.54) is 6.08 Å². The number of amidine groups is 1. The minimum absolute atomic E-state index is 0. The summed E-state index contributed by atoms with van der Waals surface area (Å²) in [5, 5.41) is 17.0. The fraction of sp³-hybridized carbons (Fsp3) is 0.125. The first-order valence-electron chi connectivity index (χ1n) is 3.81. The Labute approximate surface area is 96.2 Å². The van der Waals surface area contributed by atoms with Crippen LogP contribution in [0.15, 0.2) is 22.7 Å². The van der Waals surface area contributed by atoms with Gasteiger partial charge in [-0.2, -0.15) is 0 Å². The van der Waals surface area contributed by atoms with Gasteiger partial charge < -0.3 is 10.2 Å². The standard InChI is InChI=1S/C8H9N3O3.BrH/c9-8(10)5-7-2-1-6(14-7)3-4-11(12)13;/h1-4H,5H2,(H3,9,10);1H. The van der Waals surface area contributed by atoms with Crippen LogP contribution in [0.5, 0.6) is 0 Å².